The Morgan fingerprint density at radius 2 is 2.11 bits per heavy atom. The number of hydrogen-bond donors (Lipinski definition) is 1. The number of aryl methyl sites for hydroxylation is 1. The number of nitrogen functional groups attached to an aromatic ring is 1. The molecule has 0 aliphatic carbocycles. The molecule has 0 aromatic carbocycles. The van der Waals surface area contributed by atoms with Gasteiger partial charge in [0.2, 0.25) is 0 Å². The number of hydrogen-bond acceptors (Lipinski definition) is 5. The molecule has 96 valence electrons. The third-order valence-corrected chi connectivity index (χ3v) is 2.88. The lowest BCUT2D eigenvalue weighted by Gasteiger charge is -2.23. The van der Waals surface area contributed by atoms with E-state index in [4.69, 9.17) is 10.2 Å². The van der Waals surface area contributed by atoms with Crippen LogP contribution in [0.1, 0.15) is 24.1 Å². The first-order valence-corrected chi connectivity index (χ1v) is 5.99. The van der Waals surface area contributed by atoms with Gasteiger partial charge in [0.05, 0.1) is 12.8 Å². The van der Waals surface area contributed by atoms with Crippen LogP contribution in [-0.2, 0) is 6.54 Å². The van der Waals surface area contributed by atoms with Crippen LogP contribution >= 0.6 is 0 Å². The van der Waals surface area contributed by atoms with E-state index in [9.17, 15) is 0 Å². The van der Waals surface area contributed by atoms with Crippen LogP contribution in [0.2, 0.25) is 0 Å². The van der Waals surface area contributed by atoms with Crippen molar-refractivity contribution in [2.45, 2.75) is 27.3 Å². The van der Waals surface area contributed by atoms with Crippen molar-refractivity contribution in [3.05, 3.63) is 35.5 Å². The first kappa shape index (κ1) is 12.4. The Hall–Kier alpha value is -2.04. The predicted octanol–water partition coefficient (Wildman–Crippen LogP) is 2.30. The molecule has 2 heterocycles. The zero-order valence-electron chi connectivity index (χ0n) is 11.0. The minimum atomic E-state index is 0.537. The zero-order chi connectivity index (χ0) is 13.1. The van der Waals surface area contributed by atoms with Crippen molar-refractivity contribution < 1.29 is 4.42 Å². The summed E-state index contributed by atoms with van der Waals surface area (Å²) < 4.78 is 5.37. The van der Waals surface area contributed by atoms with Gasteiger partial charge in [0.15, 0.2) is 0 Å². The summed E-state index contributed by atoms with van der Waals surface area (Å²) in [4.78, 5) is 10.8. The molecule has 2 aromatic heterocycles. The van der Waals surface area contributed by atoms with E-state index in [1.807, 2.05) is 26.0 Å². The SMILES string of the molecule is CCN(Cc1ccco1)c1nc(C)nc(N)c1C. The van der Waals surface area contributed by atoms with Crippen molar-refractivity contribution in [2.75, 3.05) is 17.2 Å². The van der Waals surface area contributed by atoms with Gasteiger partial charge in [0.1, 0.15) is 23.2 Å². The highest BCUT2D eigenvalue weighted by molar-refractivity contribution is 5.56. The average Bonchev–Trinajstić information content (AvgIpc) is 2.84. The summed E-state index contributed by atoms with van der Waals surface area (Å²) in [6.07, 6.45) is 1.68. The molecule has 0 amide bonds. The van der Waals surface area contributed by atoms with E-state index in [0.717, 1.165) is 23.7 Å². The number of furan rings is 1. The Labute approximate surface area is 107 Å². The van der Waals surface area contributed by atoms with Crippen LogP contribution in [0.3, 0.4) is 0 Å². The standard InChI is InChI=1S/C13H18N4O/c1-4-17(8-11-6-5-7-18-11)13-9(2)12(14)15-10(3)16-13/h5-7H,4,8H2,1-3H3,(H2,14,15,16). The second-order valence-corrected chi connectivity index (χ2v) is 4.20. The lowest BCUT2D eigenvalue weighted by atomic mass is 10.2. The highest BCUT2D eigenvalue weighted by Crippen LogP contribution is 2.23. The number of rotatable bonds is 4. The first-order chi connectivity index (χ1) is 8.61. The van der Waals surface area contributed by atoms with Crippen LogP contribution in [0.15, 0.2) is 22.8 Å². The molecule has 2 aromatic rings. The molecule has 2 N–H and O–H groups in total. The normalized spacial score (nSPS) is 10.6. The van der Waals surface area contributed by atoms with Gasteiger partial charge in [-0.2, -0.15) is 0 Å². The van der Waals surface area contributed by atoms with Gasteiger partial charge < -0.3 is 15.1 Å². The monoisotopic (exact) mass is 246 g/mol. The van der Waals surface area contributed by atoms with Crippen molar-refractivity contribution in [3.63, 3.8) is 0 Å². The molecule has 0 unspecified atom stereocenters. The van der Waals surface area contributed by atoms with Gasteiger partial charge in [-0.25, -0.2) is 9.97 Å². The van der Waals surface area contributed by atoms with Crippen molar-refractivity contribution >= 4 is 11.6 Å². The highest BCUT2D eigenvalue weighted by Gasteiger charge is 2.14. The van der Waals surface area contributed by atoms with Gasteiger partial charge in [-0.15, -0.1) is 0 Å². The summed E-state index contributed by atoms with van der Waals surface area (Å²) in [5, 5.41) is 0. The fourth-order valence-corrected chi connectivity index (χ4v) is 1.87. The second-order valence-electron chi connectivity index (χ2n) is 4.20. The highest BCUT2D eigenvalue weighted by atomic mass is 16.3. The van der Waals surface area contributed by atoms with E-state index >= 15 is 0 Å². The van der Waals surface area contributed by atoms with E-state index in [1.165, 1.54) is 0 Å². The topological polar surface area (TPSA) is 68.2 Å². The van der Waals surface area contributed by atoms with E-state index in [0.29, 0.717) is 18.2 Å². The Morgan fingerprint density at radius 1 is 1.33 bits per heavy atom. The lowest BCUT2D eigenvalue weighted by molar-refractivity contribution is 0.502. The molecule has 18 heavy (non-hydrogen) atoms. The van der Waals surface area contributed by atoms with Crippen molar-refractivity contribution in [3.8, 4) is 0 Å². The van der Waals surface area contributed by atoms with Crippen molar-refractivity contribution in [2.24, 2.45) is 0 Å². The molecule has 0 fully saturated rings. The fraction of sp³-hybridized carbons (Fsp3) is 0.385. The van der Waals surface area contributed by atoms with Crippen LogP contribution in [0.4, 0.5) is 11.6 Å². The number of aromatic nitrogens is 2. The molecule has 0 atom stereocenters. The summed E-state index contributed by atoms with van der Waals surface area (Å²) in [6.45, 7) is 7.38. The van der Waals surface area contributed by atoms with Crippen LogP contribution < -0.4 is 10.6 Å². The van der Waals surface area contributed by atoms with Crippen molar-refractivity contribution in [1.29, 1.82) is 0 Å². The van der Waals surface area contributed by atoms with E-state index in [2.05, 4.69) is 21.8 Å². The largest absolute Gasteiger partial charge is 0.467 e. The van der Waals surface area contributed by atoms with Crippen molar-refractivity contribution in [1.82, 2.24) is 9.97 Å². The van der Waals surface area contributed by atoms with Gasteiger partial charge >= 0.3 is 0 Å². The van der Waals surface area contributed by atoms with Gasteiger partial charge in [0, 0.05) is 12.1 Å². The quantitative estimate of drug-likeness (QED) is 0.896. The molecule has 0 aliphatic rings. The molecular weight excluding hydrogens is 228 g/mol. The number of nitrogens with two attached hydrogens (primary N) is 1. The maximum atomic E-state index is 5.89. The van der Waals surface area contributed by atoms with Crippen LogP contribution in [0, 0.1) is 13.8 Å². The minimum absolute atomic E-state index is 0.537. The molecular formula is C13H18N4O. The smallest absolute Gasteiger partial charge is 0.137 e. The maximum Gasteiger partial charge on any atom is 0.137 e. The summed E-state index contributed by atoms with van der Waals surface area (Å²) in [5.74, 6) is 3.01. The molecule has 0 saturated heterocycles. The molecule has 0 spiro atoms. The van der Waals surface area contributed by atoms with Gasteiger partial charge in [-0.05, 0) is 32.9 Å². The molecule has 2 rings (SSSR count). The lowest BCUT2D eigenvalue weighted by Crippen LogP contribution is -2.24. The Kier molecular flexibility index (Phi) is 3.50. The molecule has 0 aliphatic heterocycles. The summed E-state index contributed by atoms with van der Waals surface area (Å²) >= 11 is 0. The molecule has 5 nitrogen and oxygen atoms in total. The van der Waals surface area contributed by atoms with E-state index in [1.54, 1.807) is 6.26 Å². The molecule has 0 saturated carbocycles. The Morgan fingerprint density at radius 3 is 2.72 bits per heavy atom. The maximum absolute atomic E-state index is 5.89. The van der Waals surface area contributed by atoms with Crippen LogP contribution in [0.5, 0.6) is 0 Å². The van der Waals surface area contributed by atoms with Crippen LogP contribution in [0.25, 0.3) is 0 Å². The second kappa shape index (κ2) is 5.08. The molecule has 5 heteroatoms. The van der Waals surface area contributed by atoms with Gasteiger partial charge in [-0.3, -0.25) is 0 Å². The molecule has 0 bridgehead atoms. The summed E-state index contributed by atoms with van der Waals surface area (Å²) in [6, 6.07) is 3.84. The number of nitrogens with zero attached hydrogens (tertiary/aromatic N) is 3. The van der Waals surface area contributed by atoms with Gasteiger partial charge in [-0.1, -0.05) is 0 Å². The molecule has 0 radical (unpaired) electrons. The minimum Gasteiger partial charge on any atom is -0.467 e. The van der Waals surface area contributed by atoms with Crippen LogP contribution in [-0.4, -0.2) is 16.5 Å². The Balaban J connectivity index is 2.32. The summed E-state index contributed by atoms with van der Waals surface area (Å²) in [5.41, 5.74) is 6.80. The van der Waals surface area contributed by atoms with Gasteiger partial charge in [0.25, 0.3) is 0 Å². The fourth-order valence-electron chi connectivity index (χ4n) is 1.87. The van der Waals surface area contributed by atoms with E-state index < -0.39 is 0 Å². The Bertz CT molecular complexity index is 522. The third-order valence-electron chi connectivity index (χ3n) is 2.88. The summed E-state index contributed by atoms with van der Waals surface area (Å²) in [7, 11) is 0. The third kappa shape index (κ3) is 2.45. The average molecular weight is 246 g/mol. The zero-order valence-corrected chi connectivity index (χ0v) is 11.0. The predicted molar refractivity (Wildman–Crippen MR) is 71.4 cm³/mol. The van der Waals surface area contributed by atoms with E-state index in [-0.39, 0.29) is 0 Å². The first-order valence-electron chi connectivity index (χ1n) is 5.99. The number of anilines is 2.